The molecule has 0 fully saturated rings. The molecule has 0 amide bonds. The zero-order valence-corrected chi connectivity index (χ0v) is 12.5. The molecule has 5 nitrogen and oxygen atoms in total. The summed E-state index contributed by atoms with van der Waals surface area (Å²) in [7, 11) is 0. The lowest BCUT2D eigenvalue weighted by Crippen LogP contribution is -2.26. The Morgan fingerprint density at radius 2 is 2.18 bits per heavy atom. The normalized spacial score (nSPS) is 10.4. The number of hydrogen-bond acceptors (Lipinski definition) is 3. The van der Waals surface area contributed by atoms with Crippen molar-refractivity contribution in [1.82, 2.24) is 4.57 Å². The van der Waals surface area contributed by atoms with E-state index in [0.29, 0.717) is 18.5 Å². The Labute approximate surface area is 128 Å². The second-order valence-corrected chi connectivity index (χ2v) is 4.95. The minimum absolute atomic E-state index is 0.0790. The van der Waals surface area contributed by atoms with E-state index < -0.39 is 5.97 Å². The maximum absolute atomic E-state index is 12.3. The molecule has 1 aromatic heterocycles. The van der Waals surface area contributed by atoms with Gasteiger partial charge < -0.3 is 14.6 Å². The molecule has 22 heavy (non-hydrogen) atoms. The highest BCUT2D eigenvalue weighted by molar-refractivity contribution is 5.85. The first-order valence-corrected chi connectivity index (χ1v) is 7.10. The van der Waals surface area contributed by atoms with E-state index in [2.05, 4.69) is 5.92 Å². The van der Waals surface area contributed by atoms with Crippen molar-refractivity contribution in [1.29, 1.82) is 0 Å². The number of carbonyl (C=O) groups is 1. The number of rotatable bonds is 6. The predicted octanol–water partition coefficient (Wildman–Crippen LogP) is 1.94. The Balaban J connectivity index is 2.38. The molecule has 0 saturated heterocycles. The van der Waals surface area contributed by atoms with Gasteiger partial charge in [0.15, 0.2) is 0 Å². The molecule has 2 rings (SSSR count). The van der Waals surface area contributed by atoms with Crippen molar-refractivity contribution in [2.24, 2.45) is 0 Å². The molecule has 2 aromatic rings. The largest absolute Gasteiger partial charge is 0.481 e. The van der Waals surface area contributed by atoms with E-state index in [-0.39, 0.29) is 18.5 Å². The van der Waals surface area contributed by atoms with Crippen LogP contribution in [0, 0.1) is 12.3 Å². The van der Waals surface area contributed by atoms with Gasteiger partial charge in [-0.3, -0.25) is 9.59 Å². The first-order chi connectivity index (χ1) is 10.6. The quantitative estimate of drug-likeness (QED) is 0.828. The fraction of sp³-hybridized carbons (Fsp3) is 0.294. The maximum atomic E-state index is 12.3. The molecule has 0 saturated carbocycles. The minimum atomic E-state index is -0.823. The molecule has 5 heteroatoms. The zero-order chi connectivity index (χ0) is 16.1. The number of aromatic nitrogens is 1. The Bertz CT molecular complexity index is 787. The number of aliphatic carboxylic acids is 1. The van der Waals surface area contributed by atoms with E-state index in [0.717, 1.165) is 11.1 Å². The Morgan fingerprint density at radius 3 is 2.82 bits per heavy atom. The van der Waals surface area contributed by atoms with Gasteiger partial charge in [0.2, 0.25) is 0 Å². The SMILES string of the molecule is C#CCn1ccc2cc(N(CC)CCC(=O)O)ccc2c1=O. The minimum Gasteiger partial charge on any atom is -0.481 e. The summed E-state index contributed by atoms with van der Waals surface area (Å²) >= 11 is 0. The summed E-state index contributed by atoms with van der Waals surface area (Å²) in [5.41, 5.74) is 0.793. The number of fused-ring (bicyclic) bond motifs is 1. The number of carboxylic acids is 1. The Kier molecular flexibility index (Phi) is 4.84. The average Bonchev–Trinajstić information content (AvgIpc) is 2.50. The van der Waals surface area contributed by atoms with Crippen LogP contribution in [0.3, 0.4) is 0 Å². The van der Waals surface area contributed by atoms with Gasteiger partial charge in [-0.1, -0.05) is 5.92 Å². The summed E-state index contributed by atoms with van der Waals surface area (Å²) < 4.78 is 1.49. The summed E-state index contributed by atoms with van der Waals surface area (Å²) in [5, 5.41) is 10.2. The molecule has 1 N–H and O–H groups in total. The van der Waals surface area contributed by atoms with Gasteiger partial charge >= 0.3 is 5.97 Å². The van der Waals surface area contributed by atoms with Crippen LogP contribution in [0.25, 0.3) is 10.8 Å². The number of carboxylic acid groups (broad SMARTS) is 1. The lowest BCUT2D eigenvalue weighted by molar-refractivity contribution is -0.136. The third-order valence-corrected chi connectivity index (χ3v) is 3.56. The number of nitrogens with zero attached hydrogens (tertiary/aromatic N) is 2. The van der Waals surface area contributed by atoms with Crippen LogP contribution in [0.4, 0.5) is 5.69 Å². The zero-order valence-electron chi connectivity index (χ0n) is 12.5. The summed E-state index contributed by atoms with van der Waals surface area (Å²) in [4.78, 5) is 25.0. The third kappa shape index (κ3) is 3.29. The van der Waals surface area contributed by atoms with Crippen LogP contribution < -0.4 is 10.5 Å². The molecule has 0 radical (unpaired) electrons. The molecule has 114 valence electrons. The van der Waals surface area contributed by atoms with Crippen molar-refractivity contribution in [3.8, 4) is 12.3 Å². The fourth-order valence-corrected chi connectivity index (χ4v) is 2.40. The molecule has 0 aliphatic carbocycles. The van der Waals surface area contributed by atoms with Crippen LogP contribution >= 0.6 is 0 Å². The van der Waals surface area contributed by atoms with Gasteiger partial charge in [-0.05, 0) is 36.6 Å². The predicted molar refractivity (Wildman–Crippen MR) is 87.2 cm³/mol. The van der Waals surface area contributed by atoms with E-state index in [9.17, 15) is 9.59 Å². The highest BCUT2D eigenvalue weighted by Crippen LogP contribution is 2.20. The van der Waals surface area contributed by atoms with Crippen molar-refractivity contribution in [2.45, 2.75) is 19.9 Å². The van der Waals surface area contributed by atoms with Crippen LogP contribution in [0.1, 0.15) is 13.3 Å². The molecule has 1 heterocycles. The summed E-state index contributed by atoms with van der Waals surface area (Å²) in [6, 6.07) is 7.36. The summed E-state index contributed by atoms with van der Waals surface area (Å²) in [6.07, 6.45) is 7.01. The Morgan fingerprint density at radius 1 is 1.41 bits per heavy atom. The highest BCUT2D eigenvalue weighted by atomic mass is 16.4. The van der Waals surface area contributed by atoms with E-state index in [1.54, 1.807) is 12.3 Å². The molecule has 0 unspecified atom stereocenters. The van der Waals surface area contributed by atoms with Crippen molar-refractivity contribution in [3.05, 3.63) is 40.8 Å². The molecule has 1 aromatic carbocycles. The van der Waals surface area contributed by atoms with Crippen LogP contribution in [-0.2, 0) is 11.3 Å². The van der Waals surface area contributed by atoms with Crippen LogP contribution in [-0.4, -0.2) is 28.7 Å². The second kappa shape index (κ2) is 6.81. The van der Waals surface area contributed by atoms with Gasteiger partial charge in [0.1, 0.15) is 0 Å². The van der Waals surface area contributed by atoms with Crippen molar-refractivity contribution < 1.29 is 9.90 Å². The van der Waals surface area contributed by atoms with Crippen LogP contribution in [0.5, 0.6) is 0 Å². The lowest BCUT2D eigenvalue weighted by Gasteiger charge is -2.22. The number of hydrogen-bond donors (Lipinski definition) is 1. The topological polar surface area (TPSA) is 62.5 Å². The monoisotopic (exact) mass is 298 g/mol. The molecule has 0 atom stereocenters. The van der Waals surface area contributed by atoms with Gasteiger partial charge in [-0.25, -0.2) is 0 Å². The van der Waals surface area contributed by atoms with E-state index in [1.807, 2.05) is 30.0 Å². The van der Waals surface area contributed by atoms with Gasteiger partial charge in [0, 0.05) is 30.4 Å². The Hall–Kier alpha value is -2.74. The first kappa shape index (κ1) is 15.6. The number of pyridine rings is 1. The molecule has 0 bridgehead atoms. The molecule has 0 aliphatic rings. The summed E-state index contributed by atoms with van der Waals surface area (Å²) in [5.74, 6) is 1.63. The maximum Gasteiger partial charge on any atom is 0.305 e. The fourth-order valence-electron chi connectivity index (χ4n) is 2.40. The van der Waals surface area contributed by atoms with Gasteiger partial charge in [0.25, 0.3) is 5.56 Å². The van der Waals surface area contributed by atoms with Gasteiger partial charge in [-0.2, -0.15) is 0 Å². The lowest BCUT2D eigenvalue weighted by atomic mass is 10.1. The van der Waals surface area contributed by atoms with Gasteiger partial charge in [0.05, 0.1) is 13.0 Å². The van der Waals surface area contributed by atoms with Gasteiger partial charge in [-0.15, -0.1) is 6.42 Å². The smallest absolute Gasteiger partial charge is 0.305 e. The first-order valence-electron chi connectivity index (χ1n) is 7.10. The van der Waals surface area contributed by atoms with E-state index in [1.165, 1.54) is 4.57 Å². The molecular weight excluding hydrogens is 280 g/mol. The molecule has 0 spiro atoms. The van der Waals surface area contributed by atoms with E-state index in [4.69, 9.17) is 11.5 Å². The van der Waals surface area contributed by atoms with Crippen molar-refractivity contribution >= 4 is 22.4 Å². The standard InChI is InChI=1S/C17H18N2O3/c1-3-9-19-10-7-13-12-14(5-6-15(13)17(19)22)18(4-2)11-8-16(20)21/h1,5-7,10,12H,4,8-9,11H2,2H3,(H,20,21). The highest BCUT2D eigenvalue weighted by Gasteiger charge is 2.09. The van der Waals surface area contributed by atoms with Crippen molar-refractivity contribution in [3.63, 3.8) is 0 Å². The number of anilines is 1. The number of terminal acetylenes is 1. The van der Waals surface area contributed by atoms with Crippen LogP contribution in [0.2, 0.25) is 0 Å². The van der Waals surface area contributed by atoms with E-state index >= 15 is 0 Å². The van der Waals surface area contributed by atoms with Crippen LogP contribution in [0.15, 0.2) is 35.3 Å². The summed E-state index contributed by atoms with van der Waals surface area (Å²) in [6.45, 7) is 3.35. The second-order valence-electron chi connectivity index (χ2n) is 4.95. The van der Waals surface area contributed by atoms with Crippen molar-refractivity contribution in [2.75, 3.05) is 18.0 Å². The molecule has 0 aliphatic heterocycles. The molecular formula is C17H18N2O3. The third-order valence-electron chi connectivity index (χ3n) is 3.56. The number of benzene rings is 1. The average molecular weight is 298 g/mol.